The van der Waals surface area contributed by atoms with Crippen molar-refractivity contribution in [3.63, 3.8) is 0 Å². The Morgan fingerprint density at radius 2 is 2.12 bits per heavy atom. The van der Waals surface area contributed by atoms with E-state index in [4.69, 9.17) is 0 Å². The van der Waals surface area contributed by atoms with Crippen LogP contribution >= 0.6 is 0 Å². The zero-order chi connectivity index (χ0) is 12.2. The van der Waals surface area contributed by atoms with Gasteiger partial charge in [0.2, 0.25) is 5.91 Å². The van der Waals surface area contributed by atoms with Gasteiger partial charge in [-0.2, -0.15) is 0 Å². The molecule has 5 heteroatoms. The maximum absolute atomic E-state index is 12.0. The third-order valence-corrected chi connectivity index (χ3v) is 3.02. The number of amides is 1. The van der Waals surface area contributed by atoms with E-state index in [1.54, 1.807) is 6.92 Å². The quantitative estimate of drug-likeness (QED) is 0.677. The minimum absolute atomic E-state index is 0.134. The molecule has 16 heavy (non-hydrogen) atoms. The van der Waals surface area contributed by atoms with Crippen LogP contribution in [0.4, 0.5) is 0 Å². The van der Waals surface area contributed by atoms with Crippen molar-refractivity contribution in [2.45, 2.75) is 44.7 Å². The van der Waals surface area contributed by atoms with Gasteiger partial charge in [-0.05, 0) is 39.7 Å². The topological polar surface area (TPSA) is 67.4 Å². The molecule has 1 saturated heterocycles. The molecule has 5 nitrogen and oxygen atoms in total. The molecule has 1 rings (SSSR count). The van der Waals surface area contributed by atoms with E-state index in [0.29, 0.717) is 0 Å². The van der Waals surface area contributed by atoms with Crippen molar-refractivity contribution >= 4 is 11.9 Å². The van der Waals surface area contributed by atoms with Crippen LogP contribution in [-0.4, -0.2) is 37.1 Å². The maximum Gasteiger partial charge on any atom is 0.328 e. The molecule has 0 aliphatic carbocycles. The predicted octanol–water partition coefficient (Wildman–Crippen LogP) is 0.196. The smallest absolute Gasteiger partial charge is 0.328 e. The average molecular weight is 228 g/mol. The molecule has 0 aromatic heterocycles. The molecule has 92 valence electrons. The molecule has 1 amide bonds. The number of carbonyl (C=O) groups is 2. The molecule has 0 radical (unpaired) electrons. The summed E-state index contributed by atoms with van der Waals surface area (Å²) in [6, 6.07) is -0.599. The molecule has 1 aliphatic heterocycles. The lowest BCUT2D eigenvalue weighted by molar-refractivity contribution is -0.145. The second-order valence-electron chi connectivity index (χ2n) is 4.43. The van der Waals surface area contributed by atoms with Gasteiger partial charge in [-0.3, -0.25) is 4.79 Å². The van der Waals surface area contributed by atoms with Gasteiger partial charge in [0.05, 0.1) is 12.6 Å². The fourth-order valence-corrected chi connectivity index (χ4v) is 1.84. The molecule has 0 saturated carbocycles. The Bertz CT molecular complexity index is 272. The van der Waals surface area contributed by atoms with Crippen LogP contribution in [0, 0.1) is 0 Å². The maximum atomic E-state index is 12.0. The lowest BCUT2D eigenvalue weighted by atomic mass is 9.90. The van der Waals surface area contributed by atoms with E-state index in [9.17, 15) is 9.59 Å². The standard InChI is InChI=1S/C11H20N2O3/c1-8(9(14)16-3)13-10(15)11(2)6-4-5-7-12-11/h8,12H,4-7H2,1-3H3,(H,13,15)/t8-,11?/m0/s1. The van der Waals surface area contributed by atoms with Crippen molar-refractivity contribution < 1.29 is 14.3 Å². The van der Waals surface area contributed by atoms with Gasteiger partial charge in [0, 0.05) is 0 Å². The molecule has 0 bridgehead atoms. The van der Waals surface area contributed by atoms with Gasteiger partial charge in [0.1, 0.15) is 6.04 Å². The Hall–Kier alpha value is -1.10. The Kier molecular flexibility index (Phi) is 4.29. The van der Waals surface area contributed by atoms with Gasteiger partial charge < -0.3 is 15.4 Å². The first-order valence-electron chi connectivity index (χ1n) is 5.63. The van der Waals surface area contributed by atoms with Crippen LogP contribution in [0.1, 0.15) is 33.1 Å². The lowest BCUT2D eigenvalue weighted by Crippen LogP contribution is -2.59. The Morgan fingerprint density at radius 3 is 2.62 bits per heavy atom. The van der Waals surface area contributed by atoms with Crippen molar-refractivity contribution in [3.05, 3.63) is 0 Å². The van der Waals surface area contributed by atoms with E-state index in [1.807, 2.05) is 6.92 Å². The molecule has 0 aromatic rings. The number of carbonyl (C=O) groups excluding carboxylic acids is 2. The van der Waals surface area contributed by atoms with E-state index < -0.39 is 17.6 Å². The predicted molar refractivity (Wildman–Crippen MR) is 59.9 cm³/mol. The number of rotatable bonds is 3. The highest BCUT2D eigenvalue weighted by atomic mass is 16.5. The first-order chi connectivity index (χ1) is 7.49. The van der Waals surface area contributed by atoms with E-state index in [-0.39, 0.29) is 5.91 Å². The number of hydrogen-bond donors (Lipinski definition) is 2. The summed E-state index contributed by atoms with van der Waals surface area (Å²) in [7, 11) is 1.31. The summed E-state index contributed by atoms with van der Waals surface area (Å²) in [4.78, 5) is 23.1. The normalized spacial score (nSPS) is 26.9. The number of piperidine rings is 1. The number of ether oxygens (including phenoxy) is 1. The van der Waals surface area contributed by atoms with Crippen molar-refractivity contribution in [3.8, 4) is 0 Å². The second-order valence-corrected chi connectivity index (χ2v) is 4.43. The average Bonchev–Trinajstić information content (AvgIpc) is 2.28. The highest BCUT2D eigenvalue weighted by Crippen LogP contribution is 2.18. The molecular weight excluding hydrogens is 208 g/mol. The van der Waals surface area contributed by atoms with Crippen LogP contribution in [0.25, 0.3) is 0 Å². The minimum atomic E-state index is -0.599. The van der Waals surface area contributed by atoms with Gasteiger partial charge in [-0.25, -0.2) is 4.79 Å². The summed E-state index contributed by atoms with van der Waals surface area (Å²) in [5.41, 5.74) is -0.555. The van der Waals surface area contributed by atoms with Crippen LogP contribution in [0.3, 0.4) is 0 Å². The minimum Gasteiger partial charge on any atom is -0.467 e. The van der Waals surface area contributed by atoms with Gasteiger partial charge in [-0.1, -0.05) is 0 Å². The van der Waals surface area contributed by atoms with Gasteiger partial charge in [0.15, 0.2) is 0 Å². The molecule has 1 heterocycles. The monoisotopic (exact) mass is 228 g/mol. The van der Waals surface area contributed by atoms with Crippen LogP contribution < -0.4 is 10.6 Å². The fraction of sp³-hybridized carbons (Fsp3) is 0.818. The van der Waals surface area contributed by atoms with Crippen molar-refractivity contribution in [1.82, 2.24) is 10.6 Å². The third-order valence-electron chi connectivity index (χ3n) is 3.02. The summed E-state index contributed by atoms with van der Waals surface area (Å²) in [5, 5.41) is 5.86. The second kappa shape index (κ2) is 5.30. The van der Waals surface area contributed by atoms with Crippen LogP contribution in [0.2, 0.25) is 0 Å². The van der Waals surface area contributed by atoms with Crippen LogP contribution in [0.5, 0.6) is 0 Å². The summed E-state index contributed by atoms with van der Waals surface area (Å²) < 4.78 is 4.56. The SMILES string of the molecule is COC(=O)[C@H](C)NC(=O)C1(C)CCCCN1. The van der Waals surface area contributed by atoms with Crippen molar-refractivity contribution in [1.29, 1.82) is 0 Å². The zero-order valence-electron chi connectivity index (χ0n) is 10.1. The Balaban J connectivity index is 2.53. The highest BCUT2D eigenvalue weighted by Gasteiger charge is 2.35. The summed E-state index contributed by atoms with van der Waals surface area (Å²) in [6.45, 7) is 4.33. The van der Waals surface area contributed by atoms with Crippen molar-refractivity contribution in [2.24, 2.45) is 0 Å². The van der Waals surface area contributed by atoms with E-state index >= 15 is 0 Å². The van der Waals surface area contributed by atoms with Crippen molar-refractivity contribution in [2.75, 3.05) is 13.7 Å². The molecule has 2 atom stereocenters. The Labute approximate surface area is 95.9 Å². The molecule has 0 spiro atoms. The van der Waals surface area contributed by atoms with E-state index in [2.05, 4.69) is 15.4 Å². The van der Waals surface area contributed by atoms with Crippen LogP contribution in [0.15, 0.2) is 0 Å². The Morgan fingerprint density at radius 1 is 1.44 bits per heavy atom. The van der Waals surface area contributed by atoms with Gasteiger partial charge in [-0.15, -0.1) is 0 Å². The molecule has 0 aromatic carbocycles. The van der Waals surface area contributed by atoms with E-state index in [1.165, 1.54) is 7.11 Å². The molecule has 1 unspecified atom stereocenters. The summed E-state index contributed by atoms with van der Waals surface area (Å²) in [6.07, 6.45) is 2.92. The van der Waals surface area contributed by atoms with Crippen LogP contribution in [-0.2, 0) is 14.3 Å². The largest absolute Gasteiger partial charge is 0.467 e. The van der Waals surface area contributed by atoms with Gasteiger partial charge >= 0.3 is 5.97 Å². The first kappa shape index (κ1) is 13.0. The number of esters is 1. The molecule has 2 N–H and O–H groups in total. The lowest BCUT2D eigenvalue weighted by Gasteiger charge is -2.34. The summed E-state index contributed by atoms with van der Waals surface area (Å²) >= 11 is 0. The molecular formula is C11H20N2O3. The number of hydrogen-bond acceptors (Lipinski definition) is 4. The highest BCUT2D eigenvalue weighted by molar-refractivity contribution is 5.90. The molecule has 1 fully saturated rings. The van der Waals surface area contributed by atoms with E-state index in [0.717, 1.165) is 25.8 Å². The summed E-state index contributed by atoms with van der Waals surface area (Å²) in [5.74, 6) is -0.558. The number of methoxy groups -OCH3 is 1. The molecule has 1 aliphatic rings. The first-order valence-corrected chi connectivity index (χ1v) is 5.63. The third kappa shape index (κ3) is 2.95. The number of nitrogens with one attached hydrogen (secondary N) is 2. The zero-order valence-corrected chi connectivity index (χ0v) is 10.1. The van der Waals surface area contributed by atoms with Gasteiger partial charge in [0.25, 0.3) is 0 Å². The fourth-order valence-electron chi connectivity index (χ4n) is 1.84.